The molecule has 0 radical (unpaired) electrons. The van der Waals surface area contributed by atoms with E-state index in [0.717, 1.165) is 5.56 Å². The molecule has 136 valence electrons. The molecule has 0 amide bonds. The second-order valence-corrected chi connectivity index (χ2v) is 7.57. The van der Waals surface area contributed by atoms with E-state index >= 15 is 0 Å². The molecule has 0 fully saturated rings. The Labute approximate surface area is 169 Å². The lowest BCUT2D eigenvalue weighted by molar-refractivity contribution is 0.183. The average molecular weight is 431 g/mol. The molecule has 9 heteroatoms. The predicted molar refractivity (Wildman–Crippen MR) is 107 cm³/mol. The summed E-state index contributed by atoms with van der Waals surface area (Å²) >= 11 is 19.3. The van der Waals surface area contributed by atoms with Crippen LogP contribution in [0.5, 0.6) is 0 Å². The zero-order valence-corrected chi connectivity index (χ0v) is 16.8. The van der Waals surface area contributed by atoms with Crippen molar-refractivity contribution in [3.8, 4) is 0 Å². The topological polar surface area (TPSA) is 57.0 Å². The molecule has 3 aromatic rings. The van der Waals surface area contributed by atoms with E-state index in [2.05, 4.69) is 9.97 Å². The van der Waals surface area contributed by atoms with Crippen molar-refractivity contribution in [2.45, 2.75) is 17.5 Å². The standard InChI is InChI=1S/C17H14Cl3N3O2S/c1-25-5-4-23-16(24)12-3-2-11(18)8-13(12)21-17(23)26-9-10-6-14(19)22-15(20)7-10/h2-3,6-8H,4-5,9H2,1H3. The summed E-state index contributed by atoms with van der Waals surface area (Å²) in [5.41, 5.74) is 1.32. The number of pyridine rings is 1. The van der Waals surface area contributed by atoms with Gasteiger partial charge in [0.05, 0.1) is 24.1 Å². The van der Waals surface area contributed by atoms with Crippen LogP contribution in [0.25, 0.3) is 10.9 Å². The SMILES string of the molecule is COCCn1c(SCc2cc(Cl)nc(Cl)c2)nc2cc(Cl)ccc2c1=O. The summed E-state index contributed by atoms with van der Waals surface area (Å²) in [6, 6.07) is 8.52. The second-order valence-electron chi connectivity index (χ2n) is 5.41. The minimum atomic E-state index is -0.128. The lowest BCUT2D eigenvalue weighted by Gasteiger charge is -2.13. The van der Waals surface area contributed by atoms with Crippen LogP contribution in [-0.4, -0.2) is 28.3 Å². The molecule has 0 aliphatic carbocycles. The highest BCUT2D eigenvalue weighted by molar-refractivity contribution is 7.98. The van der Waals surface area contributed by atoms with Gasteiger partial charge in [0.2, 0.25) is 0 Å². The van der Waals surface area contributed by atoms with Gasteiger partial charge in [-0.05, 0) is 35.9 Å². The first kappa shape index (κ1) is 19.5. The minimum Gasteiger partial charge on any atom is -0.383 e. The maximum atomic E-state index is 12.8. The van der Waals surface area contributed by atoms with Crippen molar-refractivity contribution >= 4 is 57.5 Å². The zero-order chi connectivity index (χ0) is 18.7. The highest BCUT2D eigenvalue weighted by atomic mass is 35.5. The first-order chi connectivity index (χ1) is 12.5. The summed E-state index contributed by atoms with van der Waals surface area (Å²) in [5, 5.41) is 2.27. The molecule has 0 saturated heterocycles. The molecule has 0 atom stereocenters. The van der Waals surface area contributed by atoms with E-state index < -0.39 is 0 Å². The number of benzene rings is 1. The molecule has 0 unspecified atom stereocenters. The third kappa shape index (κ3) is 4.50. The molecule has 0 N–H and O–H groups in total. The number of hydrogen-bond donors (Lipinski definition) is 0. The Morgan fingerprint density at radius 2 is 1.85 bits per heavy atom. The number of halogens is 3. The highest BCUT2D eigenvalue weighted by Crippen LogP contribution is 2.25. The van der Waals surface area contributed by atoms with Gasteiger partial charge in [-0.1, -0.05) is 46.6 Å². The number of methoxy groups -OCH3 is 1. The van der Waals surface area contributed by atoms with Crippen LogP contribution in [-0.2, 0) is 17.0 Å². The van der Waals surface area contributed by atoms with Crippen LogP contribution in [0.4, 0.5) is 0 Å². The maximum absolute atomic E-state index is 12.8. The van der Waals surface area contributed by atoms with Crippen molar-refractivity contribution in [3.63, 3.8) is 0 Å². The normalized spacial score (nSPS) is 11.2. The van der Waals surface area contributed by atoms with E-state index in [1.807, 2.05) is 0 Å². The minimum absolute atomic E-state index is 0.128. The summed E-state index contributed by atoms with van der Waals surface area (Å²) in [7, 11) is 1.59. The first-order valence-electron chi connectivity index (χ1n) is 7.61. The number of rotatable bonds is 6. The molecule has 2 aromatic heterocycles. The van der Waals surface area contributed by atoms with Gasteiger partial charge < -0.3 is 4.74 Å². The molecule has 0 spiro atoms. The number of fused-ring (bicyclic) bond motifs is 1. The molecule has 0 aliphatic heterocycles. The van der Waals surface area contributed by atoms with Gasteiger partial charge in [-0.25, -0.2) is 9.97 Å². The van der Waals surface area contributed by atoms with Crippen molar-refractivity contribution in [2.75, 3.05) is 13.7 Å². The van der Waals surface area contributed by atoms with Crippen LogP contribution in [0.1, 0.15) is 5.56 Å². The van der Waals surface area contributed by atoms with Crippen molar-refractivity contribution in [2.24, 2.45) is 0 Å². The van der Waals surface area contributed by atoms with Gasteiger partial charge in [0, 0.05) is 17.9 Å². The van der Waals surface area contributed by atoms with Gasteiger partial charge >= 0.3 is 0 Å². The summed E-state index contributed by atoms with van der Waals surface area (Å²) < 4.78 is 6.73. The van der Waals surface area contributed by atoms with Crippen molar-refractivity contribution < 1.29 is 4.74 Å². The Hall–Kier alpha value is -1.31. The highest BCUT2D eigenvalue weighted by Gasteiger charge is 2.13. The second kappa shape index (κ2) is 8.59. The molecule has 26 heavy (non-hydrogen) atoms. The van der Waals surface area contributed by atoms with Gasteiger partial charge in [0.1, 0.15) is 10.3 Å². The fraction of sp³-hybridized carbons (Fsp3) is 0.235. The van der Waals surface area contributed by atoms with Crippen LogP contribution in [0, 0.1) is 0 Å². The number of ether oxygens (including phenoxy) is 1. The third-order valence-corrected chi connectivity index (χ3v) is 5.26. The molecule has 0 saturated carbocycles. The molecular formula is C17H14Cl3N3O2S. The Morgan fingerprint density at radius 1 is 1.12 bits per heavy atom. The fourth-order valence-electron chi connectivity index (χ4n) is 2.41. The quantitative estimate of drug-likeness (QED) is 0.322. The largest absolute Gasteiger partial charge is 0.383 e. The van der Waals surface area contributed by atoms with E-state index in [4.69, 9.17) is 39.5 Å². The van der Waals surface area contributed by atoms with Crippen LogP contribution in [0.3, 0.4) is 0 Å². The first-order valence-corrected chi connectivity index (χ1v) is 9.73. The molecule has 1 aromatic carbocycles. The summed E-state index contributed by atoms with van der Waals surface area (Å²) in [5.74, 6) is 0.535. The number of aromatic nitrogens is 3. The number of nitrogens with zero attached hydrogens (tertiary/aromatic N) is 3. The summed E-state index contributed by atoms with van der Waals surface area (Å²) in [6.07, 6.45) is 0. The molecule has 0 aliphatic rings. The van der Waals surface area contributed by atoms with E-state index in [9.17, 15) is 4.79 Å². The van der Waals surface area contributed by atoms with Gasteiger partial charge in [0.15, 0.2) is 5.16 Å². The zero-order valence-electron chi connectivity index (χ0n) is 13.7. The number of thioether (sulfide) groups is 1. The van der Waals surface area contributed by atoms with Gasteiger partial charge in [-0.2, -0.15) is 0 Å². The lowest BCUT2D eigenvalue weighted by Crippen LogP contribution is -2.25. The van der Waals surface area contributed by atoms with Crippen molar-refractivity contribution in [1.82, 2.24) is 14.5 Å². The Morgan fingerprint density at radius 3 is 2.54 bits per heavy atom. The number of hydrogen-bond acceptors (Lipinski definition) is 5. The summed E-state index contributed by atoms with van der Waals surface area (Å²) in [6.45, 7) is 0.808. The van der Waals surface area contributed by atoms with E-state index in [0.29, 0.717) is 50.3 Å². The maximum Gasteiger partial charge on any atom is 0.262 e. The Balaban J connectivity index is 2.00. The van der Waals surface area contributed by atoms with Gasteiger partial charge in [-0.3, -0.25) is 9.36 Å². The third-order valence-electron chi connectivity index (χ3n) is 3.59. The lowest BCUT2D eigenvalue weighted by atomic mass is 10.2. The van der Waals surface area contributed by atoms with Crippen LogP contribution in [0.2, 0.25) is 15.3 Å². The van der Waals surface area contributed by atoms with E-state index in [1.165, 1.54) is 11.8 Å². The van der Waals surface area contributed by atoms with Gasteiger partial charge in [0.25, 0.3) is 5.56 Å². The Bertz CT molecular complexity index is 990. The van der Waals surface area contributed by atoms with Gasteiger partial charge in [-0.15, -0.1) is 0 Å². The Kier molecular flexibility index (Phi) is 6.42. The van der Waals surface area contributed by atoms with Crippen LogP contribution >= 0.6 is 46.6 Å². The smallest absolute Gasteiger partial charge is 0.262 e. The van der Waals surface area contributed by atoms with E-state index in [1.54, 1.807) is 42.0 Å². The predicted octanol–water partition coefficient (Wildman–Crippen LogP) is 4.69. The molecule has 0 bridgehead atoms. The fourth-order valence-corrected chi connectivity index (χ4v) is 4.04. The molecular weight excluding hydrogens is 417 g/mol. The monoisotopic (exact) mass is 429 g/mol. The van der Waals surface area contributed by atoms with Crippen LogP contribution in [0.15, 0.2) is 40.3 Å². The molecule has 2 heterocycles. The average Bonchev–Trinajstić information content (AvgIpc) is 2.58. The van der Waals surface area contributed by atoms with Crippen LogP contribution < -0.4 is 5.56 Å². The van der Waals surface area contributed by atoms with Crippen molar-refractivity contribution in [1.29, 1.82) is 0 Å². The van der Waals surface area contributed by atoms with Crippen molar-refractivity contribution in [3.05, 3.63) is 61.6 Å². The van der Waals surface area contributed by atoms with E-state index in [-0.39, 0.29) is 5.56 Å². The summed E-state index contributed by atoms with van der Waals surface area (Å²) in [4.78, 5) is 21.4. The molecule has 3 rings (SSSR count). The molecule has 5 nitrogen and oxygen atoms in total.